The van der Waals surface area contributed by atoms with Crippen molar-refractivity contribution in [3.05, 3.63) is 28.2 Å². The molecule has 19 heavy (non-hydrogen) atoms. The molecule has 0 aliphatic carbocycles. The van der Waals surface area contributed by atoms with E-state index in [1.165, 1.54) is 5.56 Å². The van der Waals surface area contributed by atoms with Crippen LogP contribution in [0.4, 0.5) is 0 Å². The van der Waals surface area contributed by atoms with Gasteiger partial charge < -0.3 is 15.2 Å². The largest absolute Gasteiger partial charge is 0.497 e. The first-order valence-electron chi connectivity index (χ1n) is 6.06. The van der Waals surface area contributed by atoms with Gasteiger partial charge >= 0.3 is 0 Å². The molecule has 4 nitrogen and oxygen atoms in total. The molecule has 104 valence electrons. The highest BCUT2D eigenvalue weighted by molar-refractivity contribution is 9.10. The maximum atomic E-state index is 5.65. The van der Waals surface area contributed by atoms with Crippen LogP contribution >= 0.6 is 28.1 Å². The fourth-order valence-electron chi connectivity index (χ4n) is 2.06. The molecule has 1 unspecified atom stereocenters. The second-order valence-electron chi connectivity index (χ2n) is 4.45. The van der Waals surface area contributed by atoms with E-state index in [-0.39, 0.29) is 6.10 Å². The summed E-state index contributed by atoms with van der Waals surface area (Å²) >= 11 is 8.56. The molecule has 0 amide bonds. The molecule has 2 N–H and O–H groups in total. The van der Waals surface area contributed by atoms with E-state index in [2.05, 4.69) is 20.8 Å². The molecule has 1 aromatic carbocycles. The van der Waals surface area contributed by atoms with Crippen molar-refractivity contribution in [1.29, 1.82) is 0 Å². The SMILES string of the molecule is COc1ccc(Br)c(CN2CCOC(C(N)=S)C2)c1. The second-order valence-corrected chi connectivity index (χ2v) is 5.78. The molecule has 1 heterocycles. The predicted molar refractivity (Wildman–Crippen MR) is 82.5 cm³/mol. The van der Waals surface area contributed by atoms with Crippen molar-refractivity contribution >= 4 is 33.1 Å². The number of hydrogen-bond donors (Lipinski definition) is 1. The summed E-state index contributed by atoms with van der Waals surface area (Å²) in [6.07, 6.45) is -0.145. The highest BCUT2D eigenvalue weighted by Crippen LogP contribution is 2.24. The zero-order chi connectivity index (χ0) is 13.8. The van der Waals surface area contributed by atoms with E-state index < -0.39 is 0 Å². The number of hydrogen-bond acceptors (Lipinski definition) is 4. The first-order chi connectivity index (χ1) is 9.10. The monoisotopic (exact) mass is 344 g/mol. The molecule has 1 aromatic rings. The molecule has 0 bridgehead atoms. The van der Waals surface area contributed by atoms with Gasteiger partial charge in [-0.3, -0.25) is 4.90 Å². The van der Waals surface area contributed by atoms with Gasteiger partial charge in [0, 0.05) is 24.1 Å². The van der Waals surface area contributed by atoms with Gasteiger partial charge in [0.05, 0.1) is 13.7 Å². The van der Waals surface area contributed by atoms with Crippen molar-refractivity contribution in [1.82, 2.24) is 4.90 Å². The molecular weight excluding hydrogens is 328 g/mol. The maximum Gasteiger partial charge on any atom is 0.120 e. The van der Waals surface area contributed by atoms with Crippen LogP contribution in [0.2, 0.25) is 0 Å². The van der Waals surface area contributed by atoms with Crippen LogP contribution in [0.1, 0.15) is 5.56 Å². The minimum absolute atomic E-state index is 0.145. The van der Waals surface area contributed by atoms with Gasteiger partial charge in [0.25, 0.3) is 0 Å². The predicted octanol–water partition coefficient (Wildman–Crippen LogP) is 1.94. The number of nitrogens with zero attached hydrogens (tertiary/aromatic N) is 1. The Hall–Kier alpha value is -0.690. The Balaban J connectivity index is 2.06. The van der Waals surface area contributed by atoms with E-state index in [0.717, 1.165) is 29.9 Å². The van der Waals surface area contributed by atoms with Crippen molar-refractivity contribution in [3.63, 3.8) is 0 Å². The number of methoxy groups -OCH3 is 1. The number of halogens is 1. The van der Waals surface area contributed by atoms with Crippen LogP contribution in [0, 0.1) is 0 Å². The van der Waals surface area contributed by atoms with Crippen molar-refractivity contribution in [2.75, 3.05) is 26.8 Å². The second kappa shape index (κ2) is 6.65. The number of ether oxygens (including phenoxy) is 2. The third-order valence-electron chi connectivity index (χ3n) is 3.11. The van der Waals surface area contributed by atoms with E-state index in [1.54, 1.807) is 7.11 Å². The quantitative estimate of drug-likeness (QED) is 0.846. The van der Waals surface area contributed by atoms with Crippen molar-refractivity contribution in [3.8, 4) is 5.75 Å². The lowest BCUT2D eigenvalue weighted by molar-refractivity contribution is 0.00382. The Morgan fingerprint density at radius 3 is 3.11 bits per heavy atom. The summed E-state index contributed by atoms with van der Waals surface area (Å²) in [6, 6.07) is 5.97. The number of rotatable bonds is 4. The average Bonchev–Trinajstić information content (AvgIpc) is 2.41. The molecule has 1 aliphatic heterocycles. The van der Waals surface area contributed by atoms with Gasteiger partial charge in [-0.2, -0.15) is 0 Å². The van der Waals surface area contributed by atoms with E-state index in [9.17, 15) is 0 Å². The van der Waals surface area contributed by atoms with E-state index in [1.807, 2.05) is 18.2 Å². The highest BCUT2D eigenvalue weighted by Gasteiger charge is 2.22. The lowest BCUT2D eigenvalue weighted by Gasteiger charge is -2.32. The Kier molecular flexibility index (Phi) is 5.15. The molecule has 0 spiro atoms. The summed E-state index contributed by atoms with van der Waals surface area (Å²) in [7, 11) is 1.67. The van der Waals surface area contributed by atoms with Crippen LogP contribution in [0.5, 0.6) is 5.75 Å². The summed E-state index contributed by atoms with van der Waals surface area (Å²) in [6.45, 7) is 3.09. The molecule has 0 radical (unpaired) electrons. The van der Waals surface area contributed by atoms with Crippen molar-refractivity contribution in [2.24, 2.45) is 5.73 Å². The highest BCUT2D eigenvalue weighted by atomic mass is 79.9. The van der Waals surface area contributed by atoms with Gasteiger partial charge in [-0.1, -0.05) is 28.1 Å². The number of morpholine rings is 1. The molecule has 6 heteroatoms. The Morgan fingerprint density at radius 1 is 1.63 bits per heavy atom. The van der Waals surface area contributed by atoms with Crippen LogP contribution in [0.3, 0.4) is 0 Å². The van der Waals surface area contributed by atoms with Crippen LogP contribution in [-0.2, 0) is 11.3 Å². The summed E-state index contributed by atoms with van der Waals surface area (Å²) < 4.78 is 11.9. The zero-order valence-electron chi connectivity index (χ0n) is 10.8. The van der Waals surface area contributed by atoms with Gasteiger partial charge in [-0.05, 0) is 23.8 Å². The lowest BCUT2D eigenvalue weighted by Crippen LogP contribution is -2.47. The minimum atomic E-state index is -0.145. The Bertz CT molecular complexity index is 470. The first-order valence-corrected chi connectivity index (χ1v) is 7.26. The molecule has 0 saturated carbocycles. The van der Waals surface area contributed by atoms with Crippen LogP contribution in [-0.4, -0.2) is 42.8 Å². The average molecular weight is 345 g/mol. The molecule has 2 rings (SSSR count). The third-order valence-corrected chi connectivity index (χ3v) is 4.15. The molecule has 1 atom stereocenters. The zero-order valence-corrected chi connectivity index (χ0v) is 13.2. The summed E-state index contributed by atoms with van der Waals surface area (Å²) in [5, 5.41) is 0. The first kappa shape index (κ1) is 14.7. The molecular formula is C13H17BrN2O2S. The number of nitrogens with two attached hydrogens (primary N) is 1. The van der Waals surface area contributed by atoms with Gasteiger partial charge in [0.15, 0.2) is 0 Å². The van der Waals surface area contributed by atoms with E-state index in [0.29, 0.717) is 11.6 Å². The Morgan fingerprint density at radius 2 is 2.42 bits per heavy atom. The third kappa shape index (κ3) is 3.89. The number of benzene rings is 1. The maximum absolute atomic E-state index is 5.65. The van der Waals surface area contributed by atoms with Crippen LogP contribution in [0.25, 0.3) is 0 Å². The standard InChI is InChI=1S/C13H17BrN2O2S/c1-17-10-2-3-11(14)9(6-10)7-16-4-5-18-12(8-16)13(15)19/h2-3,6,12H,4-5,7-8H2,1H3,(H2,15,19). The molecule has 1 aliphatic rings. The van der Waals surface area contributed by atoms with Crippen LogP contribution in [0.15, 0.2) is 22.7 Å². The smallest absolute Gasteiger partial charge is 0.120 e. The number of thiocarbonyl (C=S) groups is 1. The lowest BCUT2D eigenvalue weighted by atomic mass is 10.1. The Labute approximate surface area is 127 Å². The summed E-state index contributed by atoms with van der Waals surface area (Å²) in [5.41, 5.74) is 6.83. The van der Waals surface area contributed by atoms with Gasteiger partial charge in [-0.15, -0.1) is 0 Å². The molecule has 0 aromatic heterocycles. The van der Waals surface area contributed by atoms with E-state index in [4.69, 9.17) is 27.4 Å². The fourth-order valence-corrected chi connectivity index (χ4v) is 2.57. The van der Waals surface area contributed by atoms with E-state index >= 15 is 0 Å². The summed E-state index contributed by atoms with van der Waals surface area (Å²) in [5.74, 6) is 0.859. The topological polar surface area (TPSA) is 47.7 Å². The van der Waals surface area contributed by atoms with Gasteiger partial charge in [0.2, 0.25) is 0 Å². The van der Waals surface area contributed by atoms with Gasteiger partial charge in [-0.25, -0.2) is 0 Å². The minimum Gasteiger partial charge on any atom is -0.497 e. The van der Waals surface area contributed by atoms with Crippen molar-refractivity contribution < 1.29 is 9.47 Å². The summed E-state index contributed by atoms with van der Waals surface area (Å²) in [4.78, 5) is 2.71. The van der Waals surface area contributed by atoms with Crippen LogP contribution < -0.4 is 10.5 Å². The normalized spacial score (nSPS) is 20.2. The molecule has 1 saturated heterocycles. The van der Waals surface area contributed by atoms with Gasteiger partial charge in [0.1, 0.15) is 16.8 Å². The van der Waals surface area contributed by atoms with Crippen molar-refractivity contribution in [2.45, 2.75) is 12.6 Å². The fraction of sp³-hybridized carbons (Fsp3) is 0.462. The molecule has 1 fully saturated rings.